The number of imidazole rings is 1. The molecule has 1 aromatic heterocycles. The Labute approximate surface area is 117 Å². The minimum Gasteiger partial charge on any atom is -0.496 e. The maximum absolute atomic E-state index is 13.3. The highest BCUT2D eigenvalue weighted by molar-refractivity contribution is 5.64. The molecule has 1 N–H and O–H groups in total. The Bertz CT molecular complexity index is 591. The lowest BCUT2D eigenvalue weighted by Crippen LogP contribution is -2.31. The van der Waals surface area contributed by atoms with E-state index in [1.807, 2.05) is 6.20 Å². The van der Waals surface area contributed by atoms with Crippen LogP contribution in [-0.2, 0) is 0 Å². The second-order valence-corrected chi connectivity index (χ2v) is 5.00. The molecule has 2 aromatic rings. The van der Waals surface area contributed by atoms with Gasteiger partial charge in [0, 0.05) is 31.0 Å². The number of halogens is 1. The summed E-state index contributed by atoms with van der Waals surface area (Å²) in [6.45, 7) is 2.01. The molecule has 0 radical (unpaired) electrons. The molecular formula is C15H18FN3O. The number of rotatable bonds is 3. The van der Waals surface area contributed by atoms with Crippen molar-refractivity contribution in [3.63, 3.8) is 0 Å². The van der Waals surface area contributed by atoms with Gasteiger partial charge in [0.1, 0.15) is 17.4 Å². The summed E-state index contributed by atoms with van der Waals surface area (Å²) in [4.78, 5) is 4.43. The normalized spacial score (nSPS) is 19.0. The Kier molecular flexibility index (Phi) is 3.69. The number of nitrogens with one attached hydrogen (secondary N) is 1. The molecule has 1 saturated heterocycles. The minimum atomic E-state index is -0.303. The molecule has 3 rings (SSSR count). The summed E-state index contributed by atoms with van der Waals surface area (Å²) in [7, 11) is 1.55. The maximum atomic E-state index is 13.3. The third-order valence-corrected chi connectivity index (χ3v) is 3.74. The number of ether oxygens (including phenoxy) is 1. The first-order valence-corrected chi connectivity index (χ1v) is 6.87. The van der Waals surface area contributed by atoms with Crippen LogP contribution in [0.5, 0.6) is 5.75 Å². The van der Waals surface area contributed by atoms with Crippen LogP contribution >= 0.6 is 0 Å². The minimum absolute atomic E-state index is 0.303. The first-order chi connectivity index (χ1) is 9.79. The molecule has 20 heavy (non-hydrogen) atoms. The molecule has 1 aliphatic rings. The Balaban J connectivity index is 2.00. The third kappa shape index (κ3) is 2.41. The van der Waals surface area contributed by atoms with Crippen LogP contribution in [0, 0.1) is 5.82 Å². The lowest BCUT2D eigenvalue weighted by molar-refractivity contribution is 0.372. The van der Waals surface area contributed by atoms with E-state index < -0.39 is 0 Å². The fraction of sp³-hybridized carbons (Fsp3) is 0.400. The first kappa shape index (κ1) is 13.1. The Morgan fingerprint density at radius 2 is 2.35 bits per heavy atom. The zero-order valence-corrected chi connectivity index (χ0v) is 11.5. The molecule has 2 heterocycles. The van der Waals surface area contributed by atoms with Gasteiger partial charge in [-0.3, -0.25) is 0 Å². The van der Waals surface area contributed by atoms with Crippen molar-refractivity contribution in [1.29, 1.82) is 0 Å². The van der Waals surface area contributed by atoms with E-state index in [0.29, 0.717) is 11.8 Å². The van der Waals surface area contributed by atoms with Gasteiger partial charge in [0.25, 0.3) is 0 Å². The van der Waals surface area contributed by atoms with Crippen molar-refractivity contribution in [2.75, 3.05) is 20.2 Å². The highest BCUT2D eigenvalue weighted by atomic mass is 19.1. The van der Waals surface area contributed by atoms with Gasteiger partial charge in [0.2, 0.25) is 0 Å². The van der Waals surface area contributed by atoms with Crippen molar-refractivity contribution < 1.29 is 9.13 Å². The van der Waals surface area contributed by atoms with Crippen LogP contribution in [0.15, 0.2) is 30.6 Å². The lowest BCUT2D eigenvalue weighted by atomic mass is 10.1. The average Bonchev–Trinajstić information content (AvgIpc) is 2.97. The molecule has 1 aromatic carbocycles. The molecular weight excluding hydrogens is 257 g/mol. The van der Waals surface area contributed by atoms with E-state index in [-0.39, 0.29) is 5.82 Å². The molecule has 0 bridgehead atoms. The van der Waals surface area contributed by atoms with Crippen molar-refractivity contribution in [3.05, 3.63) is 36.4 Å². The molecule has 0 amide bonds. The van der Waals surface area contributed by atoms with Gasteiger partial charge in [-0.25, -0.2) is 9.37 Å². The summed E-state index contributed by atoms with van der Waals surface area (Å²) < 4.78 is 20.8. The predicted octanol–water partition coefficient (Wildman–Crippen LogP) is 2.62. The summed E-state index contributed by atoms with van der Waals surface area (Å²) in [5.74, 6) is 1.04. The molecule has 0 spiro atoms. The fourth-order valence-electron chi connectivity index (χ4n) is 2.74. The van der Waals surface area contributed by atoms with E-state index >= 15 is 0 Å². The Morgan fingerprint density at radius 3 is 3.10 bits per heavy atom. The van der Waals surface area contributed by atoms with Gasteiger partial charge in [-0.15, -0.1) is 0 Å². The molecule has 4 nitrogen and oxygen atoms in total. The van der Waals surface area contributed by atoms with Gasteiger partial charge in [0.05, 0.1) is 12.7 Å². The number of hydrogen-bond acceptors (Lipinski definition) is 3. The first-order valence-electron chi connectivity index (χ1n) is 6.87. The second kappa shape index (κ2) is 5.63. The number of aromatic nitrogens is 2. The highest BCUT2D eigenvalue weighted by Crippen LogP contribution is 2.32. The average molecular weight is 275 g/mol. The number of methoxy groups -OCH3 is 1. The summed E-state index contributed by atoms with van der Waals surface area (Å²) in [5.41, 5.74) is 0.824. The van der Waals surface area contributed by atoms with Crippen LogP contribution in [-0.4, -0.2) is 29.8 Å². The van der Waals surface area contributed by atoms with Gasteiger partial charge < -0.3 is 14.6 Å². The monoisotopic (exact) mass is 275 g/mol. The third-order valence-electron chi connectivity index (χ3n) is 3.74. The number of hydrogen-bond donors (Lipinski definition) is 1. The van der Waals surface area contributed by atoms with E-state index in [9.17, 15) is 4.39 Å². The maximum Gasteiger partial charge on any atom is 0.143 e. The van der Waals surface area contributed by atoms with E-state index in [1.54, 1.807) is 19.4 Å². The van der Waals surface area contributed by atoms with Gasteiger partial charge >= 0.3 is 0 Å². The largest absolute Gasteiger partial charge is 0.496 e. The number of benzene rings is 1. The van der Waals surface area contributed by atoms with Crippen molar-refractivity contribution in [1.82, 2.24) is 14.9 Å². The standard InChI is InChI=1S/C15H18FN3O/c1-20-14-9-11(16)4-5-13(14)15-18-7-8-19(15)12-3-2-6-17-10-12/h4-5,7-9,12,17H,2-3,6,10H2,1H3/t12-/m0/s1. The Morgan fingerprint density at radius 1 is 1.45 bits per heavy atom. The molecule has 0 saturated carbocycles. The molecule has 106 valence electrons. The summed E-state index contributed by atoms with van der Waals surface area (Å²) in [6, 6.07) is 4.95. The lowest BCUT2D eigenvalue weighted by Gasteiger charge is -2.25. The molecule has 1 aliphatic heterocycles. The van der Waals surface area contributed by atoms with Crippen molar-refractivity contribution in [3.8, 4) is 17.1 Å². The Hall–Kier alpha value is -1.88. The predicted molar refractivity (Wildman–Crippen MR) is 75.3 cm³/mol. The summed E-state index contributed by atoms with van der Waals surface area (Å²) >= 11 is 0. The summed E-state index contributed by atoms with van der Waals surface area (Å²) in [6.07, 6.45) is 6.05. The molecule has 1 atom stereocenters. The smallest absolute Gasteiger partial charge is 0.143 e. The van der Waals surface area contributed by atoms with Crippen LogP contribution in [0.1, 0.15) is 18.9 Å². The van der Waals surface area contributed by atoms with Crippen LogP contribution in [0.2, 0.25) is 0 Å². The molecule has 0 unspecified atom stereocenters. The van der Waals surface area contributed by atoms with Crippen molar-refractivity contribution in [2.45, 2.75) is 18.9 Å². The van der Waals surface area contributed by atoms with E-state index in [0.717, 1.165) is 37.3 Å². The van der Waals surface area contributed by atoms with Gasteiger partial charge in [0.15, 0.2) is 0 Å². The highest BCUT2D eigenvalue weighted by Gasteiger charge is 2.20. The van der Waals surface area contributed by atoms with Crippen LogP contribution in [0.25, 0.3) is 11.4 Å². The summed E-state index contributed by atoms with van der Waals surface area (Å²) in [5, 5.41) is 3.40. The van der Waals surface area contributed by atoms with Gasteiger partial charge in [-0.2, -0.15) is 0 Å². The topological polar surface area (TPSA) is 39.1 Å². The van der Waals surface area contributed by atoms with E-state index in [4.69, 9.17) is 4.74 Å². The van der Waals surface area contributed by atoms with Crippen LogP contribution < -0.4 is 10.1 Å². The van der Waals surface area contributed by atoms with Crippen LogP contribution in [0.3, 0.4) is 0 Å². The number of nitrogens with zero attached hydrogens (tertiary/aromatic N) is 2. The zero-order chi connectivity index (χ0) is 13.9. The van der Waals surface area contributed by atoms with Crippen molar-refractivity contribution in [2.24, 2.45) is 0 Å². The quantitative estimate of drug-likeness (QED) is 0.936. The van der Waals surface area contributed by atoms with Crippen molar-refractivity contribution >= 4 is 0 Å². The van der Waals surface area contributed by atoms with Gasteiger partial charge in [-0.05, 0) is 31.5 Å². The molecule has 1 fully saturated rings. The fourth-order valence-corrected chi connectivity index (χ4v) is 2.74. The molecule has 0 aliphatic carbocycles. The molecule has 5 heteroatoms. The van der Waals surface area contributed by atoms with E-state index in [1.165, 1.54) is 12.1 Å². The zero-order valence-electron chi connectivity index (χ0n) is 11.5. The SMILES string of the molecule is COc1cc(F)ccc1-c1nccn1[C@H]1CCCNC1. The second-order valence-electron chi connectivity index (χ2n) is 5.00. The van der Waals surface area contributed by atoms with Gasteiger partial charge in [-0.1, -0.05) is 0 Å². The van der Waals surface area contributed by atoms with Crippen LogP contribution in [0.4, 0.5) is 4.39 Å². The number of piperidine rings is 1. The van der Waals surface area contributed by atoms with E-state index in [2.05, 4.69) is 14.9 Å².